The fourth-order valence-electron chi connectivity index (χ4n) is 8.12. The monoisotopic (exact) mass is 463 g/mol. The molecule has 3 aliphatic carbocycles. The fraction of sp³-hybridized carbons (Fsp3) is 0.607. The van der Waals surface area contributed by atoms with E-state index in [0.717, 1.165) is 38.5 Å². The quantitative estimate of drug-likeness (QED) is 0.618. The summed E-state index contributed by atoms with van der Waals surface area (Å²) in [5.41, 5.74) is 1.36. The minimum atomic E-state index is -0.194. The van der Waals surface area contributed by atoms with Crippen LogP contribution in [0.1, 0.15) is 69.7 Å². The molecule has 0 spiro atoms. The number of Topliss-reactive ketones (excluding diaryl/α,β-unsaturated/α-hetero) is 1. The first-order valence-electron chi connectivity index (χ1n) is 12.8. The number of fused-ring (bicyclic) bond motifs is 5. The summed E-state index contributed by atoms with van der Waals surface area (Å²) < 4.78 is 0. The largest absolute Gasteiger partial charge is 0.338 e. The number of carbonyl (C=O) groups is 3. The maximum absolute atomic E-state index is 12.9. The van der Waals surface area contributed by atoms with E-state index in [-0.39, 0.29) is 34.6 Å². The molecule has 182 valence electrons. The first-order chi connectivity index (χ1) is 16.1. The predicted molar refractivity (Wildman–Crippen MR) is 132 cm³/mol. The molecule has 3 amide bonds. The average Bonchev–Trinajstić information content (AvgIpc) is 3.13. The van der Waals surface area contributed by atoms with Gasteiger partial charge in [-0.15, -0.1) is 0 Å². The van der Waals surface area contributed by atoms with Crippen LogP contribution in [0.25, 0.3) is 0 Å². The van der Waals surface area contributed by atoms with Crippen LogP contribution in [-0.2, 0) is 4.79 Å². The van der Waals surface area contributed by atoms with Gasteiger partial charge in [-0.3, -0.25) is 9.59 Å². The number of ketones is 1. The standard InChI is InChI=1S/C28H37N3O3/c1-17(32)18-6-5-7-19(16-18)29-26(34)30-23-10-9-21-20-8-11-24-28(3,15-13-25(33)31(24)4)22(20)12-14-27(21,23)2/h5-7,13,15-16,20-24H,8-12,14H2,1-4H3,(H2,29,30,34)/t20-,21-,22-,23-,24+,27-,28+/m0/s1. The van der Waals surface area contributed by atoms with Crippen LogP contribution in [0.3, 0.4) is 0 Å². The summed E-state index contributed by atoms with van der Waals surface area (Å²) in [4.78, 5) is 38.8. The molecule has 3 fully saturated rings. The molecule has 0 bridgehead atoms. The third-order valence-corrected chi connectivity index (χ3v) is 9.96. The van der Waals surface area contributed by atoms with Crippen LogP contribution >= 0.6 is 0 Å². The Bertz CT molecular complexity index is 1050. The summed E-state index contributed by atoms with van der Waals surface area (Å²) in [5, 5.41) is 6.22. The molecule has 0 unspecified atom stereocenters. The maximum atomic E-state index is 12.9. The van der Waals surface area contributed by atoms with Crippen molar-refractivity contribution in [1.82, 2.24) is 10.2 Å². The Hall–Kier alpha value is -2.63. The summed E-state index contributed by atoms with van der Waals surface area (Å²) in [6.07, 6.45) is 10.6. The van der Waals surface area contributed by atoms with Crippen LogP contribution < -0.4 is 10.6 Å². The molecule has 6 heteroatoms. The van der Waals surface area contributed by atoms with Crippen LogP contribution in [0, 0.1) is 28.6 Å². The molecule has 7 atom stereocenters. The smallest absolute Gasteiger partial charge is 0.319 e. The molecule has 1 aromatic rings. The number of anilines is 1. The van der Waals surface area contributed by atoms with E-state index in [1.807, 2.05) is 18.0 Å². The molecular formula is C28H37N3O3. The van der Waals surface area contributed by atoms with Crippen molar-refractivity contribution < 1.29 is 14.4 Å². The van der Waals surface area contributed by atoms with Gasteiger partial charge in [-0.2, -0.15) is 0 Å². The van der Waals surface area contributed by atoms with Crippen molar-refractivity contribution in [2.45, 2.75) is 71.4 Å². The lowest BCUT2D eigenvalue weighted by Gasteiger charge is -2.60. The number of hydrogen-bond donors (Lipinski definition) is 2. The van der Waals surface area contributed by atoms with Gasteiger partial charge in [0.1, 0.15) is 0 Å². The van der Waals surface area contributed by atoms with Gasteiger partial charge >= 0.3 is 6.03 Å². The highest BCUT2D eigenvalue weighted by atomic mass is 16.2. The second kappa shape index (κ2) is 8.24. The number of likely N-dealkylation sites (N-methyl/N-ethyl adjacent to an activating group) is 1. The Morgan fingerprint density at radius 2 is 1.85 bits per heavy atom. The molecule has 1 heterocycles. The molecule has 6 nitrogen and oxygen atoms in total. The Morgan fingerprint density at radius 3 is 2.62 bits per heavy atom. The second-order valence-electron chi connectivity index (χ2n) is 11.5. The Labute approximate surface area is 202 Å². The van der Waals surface area contributed by atoms with Crippen LogP contribution in [0.15, 0.2) is 36.4 Å². The molecule has 0 aromatic heterocycles. The van der Waals surface area contributed by atoms with Crippen molar-refractivity contribution in [2.24, 2.45) is 28.6 Å². The molecule has 0 radical (unpaired) electrons. The summed E-state index contributed by atoms with van der Waals surface area (Å²) in [6.45, 7) is 6.27. The fourth-order valence-corrected chi connectivity index (χ4v) is 8.12. The van der Waals surface area contributed by atoms with Gasteiger partial charge in [-0.1, -0.05) is 32.1 Å². The van der Waals surface area contributed by atoms with E-state index in [1.165, 1.54) is 6.92 Å². The summed E-state index contributed by atoms with van der Waals surface area (Å²) in [6, 6.07) is 7.34. The minimum absolute atomic E-state index is 0.0150. The second-order valence-corrected chi connectivity index (χ2v) is 11.5. The van der Waals surface area contributed by atoms with E-state index in [1.54, 1.807) is 24.3 Å². The first-order valence-corrected chi connectivity index (χ1v) is 12.8. The van der Waals surface area contributed by atoms with E-state index in [4.69, 9.17) is 0 Å². The van der Waals surface area contributed by atoms with Gasteiger partial charge in [-0.25, -0.2) is 4.79 Å². The third kappa shape index (κ3) is 3.57. The van der Waals surface area contributed by atoms with Crippen LogP contribution in [0.2, 0.25) is 0 Å². The highest BCUT2D eigenvalue weighted by molar-refractivity contribution is 5.96. The van der Waals surface area contributed by atoms with E-state index in [9.17, 15) is 14.4 Å². The lowest BCUT2D eigenvalue weighted by molar-refractivity contribution is -0.138. The zero-order chi connectivity index (χ0) is 24.3. The molecule has 1 aromatic carbocycles. The Balaban J connectivity index is 1.30. The van der Waals surface area contributed by atoms with Gasteiger partial charge in [0.2, 0.25) is 5.91 Å². The van der Waals surface area contributed by atoms with Crippen molar-refractivity contribution in [2.75, 3.05) is 12.4 Å². The molecule has 5 rings (SSSR count). The zero-order valence-corrected chi connectivity index (χ0v) is 20.8. The van der Waals surface area contributed by atoms with Gasteiger partial charge < -0.3 is 15.5 Å². The van der Waals surface area contributed by atoms with Gasteiger partial charge in [0, 0.05) is 35.8 Å². The van der Waals surface area contributed by atoms with Crippen LogP contribution in [-0.4, -0.2) is 41.8 Å². The molecule has 34 heavy (non-hydrogen) atoms. The molecule has 2 N–H and O–H groups in total. The highest BCUT2D eigenvalue weighted by Gasteiger charge is 2.60. The number of carbonyl (C=O) groups excluding carboxylic acids is 3. The van der Waals surface area contributed by atoms with Gasteiger partial charge in [0.05, 0.1) is 0 Å². The topological polar surface area (TPSA) is 78.5 Å². The number of benzene rings is 1. The normalized spacial score (nSPS) is 38.5. The lowest BCUT2D eigenvalue weighted by atomic mass is 9.48. The SMILES string of the molecule is CC(=O)c1cccc(NC(=O)N[C@H]2CC[C@H]3[C@@H]4CC[C@H]5N(C)C(=O)C=C[C@]5(C)[C@H]4CC[C@]23C)c1. The zero-order valence-electron chi connectivity index (χ0n) is 20.8. The summed E-state index contributed by atoms with van der Waals surface area (Å²) in [7, 11) is 1.96. The van der Waals surface area contributed by atoms with Crippen molar-refractivity contribution in [3.63, 3.8) is 0 Å². The number of nitrogens with zero attached hydrogens (tertiary/aromatic N) is 1. The summed E-state index contributed by atoms with van der Waals surface area (Å²) >= 11 is 0. The van der Waals surface area contributed by atoms with E-state index >= 15 is 0 Å². The van der Waals surface area contributed by atoms with E-state index in [2.05, 4.69) is 30.6 Å². The van der Waals surface area contributed by atoms with Crippen molar-refractivity contribution in [3.8, 4) is 0 Å². The molecule has 0 saturated heterocycles. The van der Waals surface area contributed by atoms with Crippen LogP contribution in [0.4, 0.5) is 10.5 Å². The van der Waals surface area contributed by atoms with E-state index < -0.39 is 0 Å². The highest BCUT2D eigenvalue weighted by Crippen LogP contribution is 2.63. The molecule has 4 aliphatic rings. The van der Waals surface area contributed by atoms with Crippen molar-refractivity contribution in [1.29, 1.82) is 0 Å². The number of amides is 3. The number of nitrogens with one attached hydrogen (secondary N) is 2. The van der Waals surface area contributed by atoms with Crippen molar-refractivity contribution in [3.05, 3.63) is 42.0 Å². The Kier molecular flexibility index (Phi) is 5.61. The van der Waals surface area contributed by atoms with Crippen molar-refractivity contribution >= 4 is 23.4 Å². The third-order valence-electron chi connectivity index (χ3n) is 9.96. The number of urea groups is 1. The molecule has 3 saturated carbocycles. The lowest BCUT2D eigenvalue weighted by Crippen LogP contribution is -2.60. The Morgan fingerprint density at radius 1 is 1.06 bits per heavy atom. The van der Waals surface area contributed by atoms with E-state index in [0.29, 0.717) is 35.0 Å². The van der Waals surface area contributed by atoms with Gasteiger partial charge in [0.15, 0.2) is 5.78 Å². The minimum Gasteiger partial charge on any atom is -0.338 e. The summed E-state index contributed by atoms with van der Waals surface area (Å²) in [5.74, 6) is 1.92. The molecular weight excluding hydrogens is 426 g/mol. The van der Waals surface area contributed by atoms with Crippen LogP contribution in [0.5, 0.6) is 0 Å². The van der Waals surface area contributed by atoms with Gasteiger partial charge in [-0.05, 0) is 86.8 Å². The molecule has 1 aliphatic heterocycles. The predicted octanol–water partition coefficient (Wildman–Crippen LogP) is 5.02. The average molecular weight is 464 g/mol. The number of rotatable bonds is 3. The van der Waals surface area contributed by atoms with Gasteiger partial charge in [0.25, 0.3) is 0 Å². The maximum Gasteiger partial charge on any atom is 0.319 e. The number of hydrogen-bond acceptors (Lipinski definition) is 3. The first kappa shape index (κ1) is 23.1.